The van der Waals surface area contributed by atoms with E-state index in [1.165, 1.54) is 6.20 Å². The summed E-state index contributed by atoms with van der Waals surface area (Å²) >= 11 is 0. The Kier molecular flexibility index (Phi) is 5.99. The SMILES string of the molecule is Cc1cc(NC(=O)C(=O)N2C[C@H](C)CC[C@H]2C2CCN(C)CC2)cnc1N. The number of nitrogens with one attached hydrogen (secondary N) is 1. The Bertz CT molecular complexity index is 700. The number of aromatic nitrogens is 1. The van der Waals surface area contributed by atoms with Crippen LogP contribution in [0.1, 0.15) is 38.2 Å². The molecule has 7 nitrogen and oxygen atoms in total. The Morgan fingerprint density at radius 3 is 2.59 bits per heavy atom. The Balaban J connectivity index is 1.70. The second kappa shape index (κ2) is 8.25. The summed E-state index contributed by atoms with van der Waals surface area (Å²) in [6, 6.07) is 1.90. The van der Waals surface area contributed by atoms with Gasteiger partial charge in [-0.25, -0.2) is 4.98 Å². The van der Waals surface area contributed by atoms with Gasteiger partial charge < -0.3 is 20.9 Å². The summed E-state index contributed by atoms with van der Waals surface area (Å²) in [4.78, 5) is 33.8. The van der Waals surface area contributed by atoms with Crippen molar-refractivity contribution in [3.63, 3.8) is 0 Å². The van der Waals surface area contributed by atoms with Crippen molar-refractivity contribution in [2.75, 3.05) is 37.7 Å². The molecular formula is C20H31N5O2. The molecule has 148 valence electrons. The minimum atomic E-state index is -0.590. The van der Waals surface area contributed by atoms with E-state index in [2.05, 4.69) is 29.2 Å². The van der Waals surface area contributed by atoms with Gasteiger partial charge in [-0.3, -0.25) is 9.59 Å². The lowest BCUT2D eigenvalue weighted by Crippen LogP contribution is -2.54. The van der Waals surface area contributed by atoms with E-state index in [4.69, 9.17) is 5.73 Å². The summed E-state index contributed by atoms with van der Waals surface area (Å²) in [6.07, 6.45) is 5.76. The highest BCUT2D eigenvalue weighted by atomic mass is 16.2. The minimum Gasteiger partial charge on any atom is -0.383 e. The number of nitrogens with zero attached hydrogens (tertiary/aromatic N) is 3. The maximum absolute atomic E-state index is 13.0. The molecule has 1 aromatic rings. The second-order valence-electron chi connectivity index (χ2n) is 8.23. The van der Waals surface area contributed by atoms with Crippen LogP contribution in [-0.2, 0) is 9.59 Å². The van der Waals surface area contributed by atoms with Gasteiger partial charge in [0, 0.05) is 12.6 Å². The first-order valence-corrected chi connectivity index (χ1v) is 9.87. The van der Waals surface area contributed by atoms with Gasteiger partial charge in [0.25, 0.3) is 0 Å². The Hall–Kier alpha value is -2.15. The molecule has 0 spiro atoms. The summed E-state index contributed by atoms with van der Waals surface area (Å²) < 4.78 is 0. The molecule has 2 saturated heterocycles. The zero-order valence-electron chi connectivity index (χ0n) is 16.6. The molecular weight excluding hydrogens is 342 g/mol. The zero-order chi connectivity index (χ0) is 19.6. The van der Waals surface area contributed by atoms with Crippen LogP contribution >= 0.6 is 0 Å². The lowest BCUT2D eigenvalue weighted by Gasteiger charge is -2.44. The molecule has 0 radical (unpaired) electrons. The van der Waals surface area contributed by atoms with Crippen LogP contribution in [0.2, 0.25) is 0 Å². The predicted octanol–water partition coefficient (Wildman–Crippen LogP) is 1.88. The van der Waals surface area contributed by atoms with Gasteiger partial charge in [0.05, 0.1) is 11.9 Å². The number of aryl methyl sites for hydroxylation is 1. The number of nitrogens with two attached hydrogens (primary N) is 1. The number of amides is 2. The van der Waals surface area contributed by atoms with Crippen molar-refractivity contribution >= 4 is 23.3 Å². The third-order valence-corrected chi connectivity index (χ3v) is 6.00. The summed E-state index contributed by atoms with van der Waals surface area (Å²) in [7, 11) is 2.14. The largest absolute Gasteiger partial charge is 0.383 e. The van der Waals surface area contributed by atoms with Crippen molar-refractivity contribution in [1.82, 2.24) is 14.8 Å². The molecule has 2 amide bonds. The number of hydrogen-bond acceptors (Lipinski definition) is 5. The van der Waals surface area contributed by atoms with Gasteiger partial charge in [-0.15, -0.1) is 0 Å². The van der Waals surface area contributed by atoms with E-state index in [1.54, 1.807) is 6.07 Å². The maximum Gasteiger partial charge on any atom is 0.313 e. The molecule has 2 atom stereocenters. The summed E-state index contributed by atoms with van der Waals surface area (Å²) in [6.45, 7) is 6.74. The standard InChI is InChI=1S/C20H31N5O2/c1-13-4-5-17(15-6-8-24(3)9-7-15)25(12-13)20(27)19(26)23-16-10-14(2)18(21)22-11-16/h10-11,13,15,17H,4-9,12H2,1-3H3,(H2,21,22)(H,23,26)/t13-,17+/m1/s1. The molecule has 0 saturated carbocycles. The average Bonchev–Trinajstić information content (AvgIpc) is 2.65. The summed E-state index contributed by atoms with van der Waals surface area (Å²) in [5.74, 6) is 0.301. The molecule has 0 unspecified atom stereocenters. The van der Waals surface area contributed by atoms with Gasteiger partial charge in [-0.2, -0.15) is 0 Å². The molecule has 27 heavy (non-hydrogen) atoms. The smallest absolute Gasteiger partial charge is 0.313 e. The van der Waals surface area contributed by atoms with Crippen LogP contribution in [0.25, 0.3) is 0 Å². The first-order valence-electron chi connectivity index (χ1n) is 9.87. The van der Waals surface area contributed by atoms with E-state index < -0.39 is 11.8 Å². The zero-order valence-corrected chi connectivity index (χ0v) is 16.6. The number of carbonyl (C=O) groups is 2. The molecule has 3 heterocycles. The van der Waals surface area contributed by atoms with E-state index in [0.717, 1.165) is 44.3 Å². The summed E-state index contributed by atoms with van der Waals surface area (Å²) in [5, 5.41) is 2.70. The van der Waals surface area contributed by atoms with Crippen LogP contribution in [0.4, 0.5) is 11.5 Å². The third kappa shape index (κ3) is 4.58. The molecule has 0 aromatic carbocycles. The van der Waals surface area contributed by atoms with Gasteiger partial charge in [0.1, 0.15) is 5.82 Å². The maximum atomic E-state index is 13.0. The Morgan fingerprint density at radius 1 is 1.22 bits per heavy atom. The highest BCUT2D eigenvalue weighted by molar-refractivity contribution is 6.39. The molecule has 3 N–H and O–H groups in total. The van der Waals surface area contributed by atoms with Gasteiger partial charge >= 0.3 is 11.8 Å². The lowest BCUT2D eigenvalue weighted by atomic mass is 9.81. The van der Waals surface area contributed by atoms with E-state index in [1.807, 2.05) is 11.8 Å². The quantitative estimate of drug-likeness (QED) is 0.773. The first-order chi connectivity index (χ1) is 12.8. The van der Waals surface area contributed by atoms with Crippen LogP contribution in [-0.4, -0.2) is 59.3 Å². The van der Waals surface area contributed by atoms with Crippen molar-refractivity contribution in [2.45, 2.75) is 45.6 Å². The van der Waals surface area contributed by atoms with E-state index in [-0.39, 0.29) is 6.04 Å². The van der Waals surface area contributed by atoms with Crippen LogP contribution in [0, 0.1) is 18.8 Å². The number of piperidine rings is 2. The van der Waals surface area contributed by atoms with Gasteiger partial charge in [-0.1, -0.05) is 6.92 Å². The van der Waals surface area contributed by atoms with Crippen molar-refractivity contribution in [2.24, 2.45) is 11.8 Å². The van der Waals surface area contributed by atoms with E-state index in [0.29, 0.717) is 29.9 Å². The second-order valence-corrected chi connectivity index (χ2v) is 8.23. The van der Waals surface area contributed by atoms with E-state index >= 15 is 0 Å². The van der Waals surface area contributed by atoms with Crippen LogP contribution in [0.3, 0.4) is 0 Å². The fourth-order valence-corrected chi connectivity index (χ4v) is 4.28. The number of carbonyl (C=O) groups excluding carboxylic acids is 2. The first kappa shape index (κ1) is 19.6. The summed E-state index contributed by atoms with van der Waals surface area (Å²) in [5.41, 5.74) is 6.99. The van der Waals surface area contributed by atoms with Gasteiger partial charge in [0.2, 0.25) is 0 Å². The molecule has 0 aliphatic carbocycles. The van der Waals surface area contributed by atoms with Gasteiger partial charge in [-0.05, 0) is 76.2 Å². The highest BCUT2D eigenvalue weighted by Crippen LogP contribution is 2.32. The Morgan fingerprint density at radius 2 is 1.93 bits per heavy atom. The third-order valence-electron chi connectivity index (χ3n) is 6.00. The number of pyridine rings is 1. The normalized spacial score (nSPS) is 24.6. The van der Waals surface area contributed by atoms with Crippen molar-refractivity contribution in [3.8, 4) is 0 Å². The highest BCUT2D eigenvalue weighted by Gasteiger charge is 2.38. The number of rotatable bonds is 2. The minimum absolute atomic E-state index is 0.166. The average molecular weight is 374 g/mol. The monoisotopic (exact) mass is 373 g/mol. The number of likely N-dealkylation sites (tertiary alicyclic amines) is 2. The molecule has 0 bridgehead atoms. The van der Waals surface area contributed by atoms with E-state index in [9.17, 15) is 9.59 Å². The fraction of sp³-hybridized carbons (Fsp3) is 0.650. The molecule has 2 fully saturated rings. The van der Waals surface area contributed by atoms with Gasteiger partial charge in [0.15, 0.2) is 0 Å². The number of anilines is 2. The van der Waals surface area contributed by atoms with Crippen LogP contribution in [0.5, 0.6) is 0 Å². The molecule has 7 heteroatoms. The van der Waals surface area contributed by atoms with Crippen molar-refractivity contribution in [3.05, 3.63) is 17.8 Å². The number of nitrogen functional groups attached to an aromatic ring is 1. The topological polar surface area (TPSA) is 91.6 Å². The van der Waals surface area contributed by atoms with Crippen molar-refractivity contribution in [1.29, 1.82) is 0 Å². The molecule has 2 aliphatic rings. The molecule has 2 aliphatic heterocycles. The molecule has 3 rings (SSSR count). The lowest BCUT2D eigenvalue weighted by molar-refractivity contribution is -0.148. The molecule has 1 aromatic heterocycles. The Labute approximate surface area is 161 Å². The number of hydrogen-bond donors (Lipinski definition) is 2. The predicted molar refractivity (Wildman–Crippen MR) is 106 cm³/mol. The van der Waals surface area contributed by atoms with Crippen molar-refractivity contribution < 1.29 is 9.59 Å². The van der Waals surface area contributed by atoms with Crippen LogP contribution < -0.4 is 11.1 Å². The van der Waals surface area contributed by atoms with Crippen LogP contribution in [0.15, 0.2) is 12.3 Å². The fourth-order valence-electron chi connectivity index (χ4n) is 4.28.